The van der Waals surface area contributed by atoms with Crippen LogP contribution >= 0.6 is 0 Å². The lowest BCUT2D eigenvalue weighted by molar-refractivity contribution is 0.0999. The zero-order valence-electron chi connectivity index (χ0n) is 8.10. The summed E-state index contributed by atoms with van der Waals surface area (Å²) in [6, 6.07) is -0.204. The van der Waals surface area contributed by atoms with Gasteiger partial charge in [-0.3, -0.25) is 4.90 Å². The van der Waals surface area contributed by atoms with Crippen molar-refractivity contribution < 1.29 is 13.5 Å². The Hall–Kier alpha value is -0.130. The van der Waals surface area contributed by atoms with E-state index in [4.69, 9.17) is 0 Å². The van der Waals surface area contributed by atoms with Gasteiger partial charge < -0.3 is 5.11 Å². The Morgan fingerprint density at radius 1 is 1.46 bits per heavy atom. The molecule has 0 aromatic rings. The fourth-order valence-corrected chi connectivity index (χ4v) is 3.63. The Bertz CT molecular complexity index is 263. The van der Waals surface area contributed by atoms with Gasteiger partial charge in [-0.05, 0) is 20.0 Å². The molecule has 1 rings (SSSR count). The Morgan fingerprint density at radius 2 is 2.08 bits per heavy atom. The zero-order valence-corrected chi connectivity index (χ0v) is 8.92. The van der Waals surface area contributed by atoms with Crippen LogP contribution in [0.15, 0.2) is 0 Å². The molecule has 1 N–H and O–H groups in total. The van der Waals surface area contributed by atoms with Crippen LogP contribution in [-0.4, -0.2) is 55.7 Å². The van der Waals surface area contributed by atoms with Crippen LogP contribution in [0.25, 0.3) is 0 Å². The first-order valence-corrected chi connectivity index (χ1v) is 6.37. The number of hydrogen-bond donors (Lipinski definition) is 1. The van der Waals surface area contributed by atoms with Gasteiger partial charge in [0.15, 0.2) is 9.84 Å². The van der Waals surface area contributed by atoms with E-state index in [1.54, 1.807) is 0 Å². The van der Waals surface area contributed by atoms with Crippen LogP contribution in [0.2, 0.25) is 0 Å². The summed E-state index contributed by atoms with van der Waals surface area (Å²) in [6.07, 6.45) is 0.265. The second-order valence-corrected chi connectivity index (χ2v) is 5.85. The number of hydrogen-bond acceptors (Lipinski definition) is 4. The number of aliphatic hydroxyl groups is 1. The molecular formula is C8H17NO3S. The molecule has 0 saturated carbocycles. The molecule has 1 fully saturated rings. The molecule has 0 spiro atoms. The molecule has 1 aliphatic rings. The van der Waals surface area contributed by atoms with E-state index in [-0.39, 0.29) is 17.5 Å². The summed E-state index contributed by atoms with van der Waals surface area (Å²) in [4.78, 5) is 1.93. The molecule has 0 bridgehead atoms. The number of rotatable bonds is 3. The molecule has 78 valence electrons. The van der Waals surface area contributed by atoms with Crippen molar-refractivity contribution in [3.05, 3.63) is 0 Å². The highest BCUT2D eigenvalue weighted by molar-refractivity contribution is 7.91. The average molecular weight is 207 g/mol. The maximum atomic E-state index is 11.2. The SMILES string of the molecule is CCCN(C)C1CS(=O)(=O)CC1O. The number of aliphatic hydroxyl groups excluding tert-OH is 1. The normalized spacial score (nSPS) is 32.6. The molecule has 0 aromatic heterocycles. The predicted molar refractivity (Wildman–Crippen MR) is 51.4 cm³/mol. The smallest absolute Gasteiger partial charge is 0.154 e. The van der Waals surface area contributed by atoms with Crippen LogP contribution in [0.5, 0.6) is 0 Å². The summed E-state index contributed by atoms with van der Waals surface area (Å²) in [5, 5.41) is 9.50. The monoisotopic (exact) mass is 207 g/mol. The maximum Gasteiger partial charge on any atom is 0.154 e. The Kier molecular flexibility index (Phi) is 3.32. The second-order valence-electron chi connectivity index (χ2n) is 3.69. The topological polar surface area (TPSA) is 57.6 Å². The highest BCUT2D eigenvalue weighted by atomic mass is 32.2. The first kappa shape index (κ1) is 10.9. The van der Waals surface area contributed by atoms with E-state index in [1.807, 2.05) is 18.9 Å². The van der Waals surface area contributed by atoms with Gasteiger partial charge in [-0.1, -0.05) is 6.92 Å². The summed E-state index contributed by atoms with van der Waals surface area (Å²) in [5.41, 5.74) is 0. The van der Waals surface area contributed by atoms with Gasteiger partial charge in [-0.15, -0.1) is 0 Å². The molecule has 0 radical (unpaired) electrons. The second kappa shape index (κ2) is 3.94. The number of nitrogens with zero attached hydrogens (tertiary/aromatic N) is 1. The van der Waals surface area contributed by atoms with Crippen molar-refractivity contribution >= 4 is 9.84 Å². The van der Waals surface area contributed by atoms with Gasteiger partial charge in [0.2, 0.25) is 0 Å². The fraction of sp³-hybridized carbons (Fsp3) is 1.00. The van der Waals surface area contributed by atoms with Crippen LogP contribution < -0.4 is 0 Å². The third-order valence-corrected chi connectivity index (χ3v) is 4.13. The van der Waals surface area contributed by atoms with E-state index in [2.05, 4.69) is 0 Å². The Morgan fingerprint density at radius 3 is 2.46 bits per heavy atom. The van der Waals surface area contributed by atoms with E-state index in [1.165, 1.54) is 0 Å². The number of likely N-dealkylation sites (N-methyl/N-ethyl adjacent to an activating group) is 1. The molecule has 1 aliphatic heterocycles. The van der Waals surface area contributed by atoms with E-state index in [9.17, 15) is 13.5 Å². The van der Waals surface area contributed by atoms with Crippen molar-refractivity contribution in [2.45, 2.75) is 25.5 Å². The van der Waals surface area contributed by atoms with Gasteiger partial charge in [-0.25, -0.2) is 8.42 Å². The quantitative estimate of drug-likeness (QED) is 0.677. The van der Waals surface area contributed by atoms with Crippen molar-refractivity contribution in [1.29, 1.82) is 0 Å². The lowest BCUT2D eigenvalue weighted by Gasteiger charge is -2.24. The zero-order chi connectivity index (χ0) is 10.1. The van der Waals surface area contributed by atoms with Crippen molar-refractivity contribution in [2.75, 3.05) is 25.1 Å². The molecule has 2 unspecified atom stereocenters. The van der Waals surface area contributed by atoms with Crippen LogP contribution in [-0.2, 0) is 9.84 Å². The molecular weight excluding hydrogens is 190 g/mol. The summed E-state index contributed by atoms with van der Waals surface area (Å²) in [7, 11) is -1.14. The number of sulfone groups is 1. The first-order valence-electron chi connectivity index (χ1n) is 4.55. The van der Waals surface area contributed by atoms with Gasteiger partial charge in [0.25, 0.3) is 0 Å². The molecule has 5 heteroatoms. The summed E-state index contributed by atoms with van der Waals surface area (Å²) in [5.74, 6) is 0.0242. The Labute approximate surface area is 79.5 Å². The van der Waals surface area contributed by atoms with E-state index >= 15 is 0 Å². The van der Waals surface area contributed by atoms with Gasteiger partial charge >= 0.3 is 0 Å². The van der Waals surface area contributed by atoms with Gasteiger partial charge in [0, 0.05) is 0 Å². The van der Waals surface area contributed by atoms with Crippen LogP contribution in [0, 0.1) is 0 Å². The molecule has 0 aromatic carbocycles. The lowest BCUT2D eigenvalue weighted by Crippen LogP contribution is -2.40. The molecule has 0 amide bonds. The third kappa shape index (κ3) is 2.65. The highest BCUT2D eigenvalue weighted by Crippen LogP contribution is 2.17. The van der Waals surface area contributed by atoms with E-state index in [0.717, 1.165) is 13.0 Å². The van der Waals surface area contributed by atoms with Gasteiger partial charge in [0.05, 0.1) is 23.7 Å². The molecule has 0 aliphatic carbocycles. The molecule has 13 heavy (non-hydrogen) atoms. The molecule has 1 saturated heterocycles. The lowest BCUT2D eigenvalue weighted by atomic mass is 10.2. The van der Waals surface area contributed by atoms with Crippen LogP contribution in [0.4, 0.5) is 0 Å². The van der Waals surface area contributed by atoms with Crippen molar-refractivity contribution in [3.8, 4) is 0 Å². The molecule has 4 nitrogen and oxygen atoms in total. The summed E-state index contributed by atoms with van der Waals surface area (Å²) >= 11 is 0. The summed E-state index contributed by atoms with van der Waals surface area (Å²) < 4.78 is 22.3. The standard InChI is InChI=1S/C8H17NO3S/c1-3-4-9(2)7-5-13(11,12)6-8(7)10/h7-8,10H,3-6H2,1-2H3. The van der Waals surface area contributed by atoms with Crippen molar-refractivity contribution in [2.24, 2.45) is 0 Å². The van der Waals surface area contributed by atoms with Crippen LogP contribution in [0.3, 0.4) is 0 Å². The van der Waals surface area contributed by atoms with Gasteiger partial charge in [0.1, 0.15) is 0 Å². The largest absolute Gasteiger partial charge is 0.390 e. The summed E-state index contributed by atoms with van der Waals surface area (Å²) in [6.45, 7) is 2.86. The van der Waals surface area contributed by atoms with Crippen molar-refractivity contribution in [3.63, 3.8) is 0 Å². The minimum atomic E-state index is -3.00. The van der Waals surface area contributed by atoms with Gasteiger partial charge in [-0.2, -0.15) is 0 Å². The molecule has 2 atom stereocenters. The van der Waals surface area contributed by atoms with E-state index < -0.39 is 15.9 Å². The minimum absolute atomic E-state index is 0.0777. The Balaban J connectivity index is 2.62. The van der Waals surface area contributed by atoms with Crippen molar-refractivity contribution in [1.82, 2.24) is 4.90 Å². The predicted octanol–water partition coefficient (Wildman–Crippen LogP) is -0.514. The maximum absolute atomic E-state index is 11.2. The fourth-order valence-electron chi connectivity index (χ4n) is 1.75. The van der Waals surface area contributed by atoms with Crippen LogP contribution in [0.1, 0.15) is 13.3 Å². The highest BCUT2D eigenvalue weighted by Gasteiger charge is 2.38. The molecule has 1 heterocycles. The first-order chi connectivity index (χ1) is 5.96. The third-order valence-electron chi connectivity index (χ3n) is 2.44. The minimum Gasteiger partial charge on any atom is -0.390 e. The van der Waals surface area contributed by atoms with E-state index in [0.29, 0.717) is 0 Å². The average Bonchev–Trinajstić information content (AvgIpc) is 2.25.